The monoisotopic (exact) mass is 659 g/mol. The van der Waals surface area contributed by atoms with Gasteiger partial charge in [0, 0.05) is 49.3 Å². The molecule has 0 bridgehead atoms. The van der Waals surface area contributed by atoms with Crippen LogP contribution in [0.15, 0.2) is 72.8 Å². The van der Waals surface area contributed by atoms with E-state index in [-0.39, 0.29) is 61.1 Å². The molecule has 1 saturated heterocycles. The van der Waals surface area contributed by atoms with Gasteiger partial charge in [0.2, 0.25) is 11.8 Å². The zero-order valence-corrected chi connectivity index (χ0v) is 29.2. The maximum Gasteiger partial charge on any atom is 0.241 e. The second-order valence-electron chi connectivity index (χ2n) is 13.3. The van der Waals surface area contributed by atoms with Crippen molar-refractivity contribution in [3.05, 3.63) is 83.9 Å². The van der Waals surface area contributed by atoms with Gasteiger partial charge in [-0.05, 0) is 55.3 Å². The molecule has 0 radical (unpaired) electrons. The van der Waals surface area contributed by atoms with E-state index >= 15 is 0 Å². The van der Waals surface area contributed by atoms with E-state index in [9.17, 15) is 14.7 Å². The zero-order chi connectivity index (χ0) is 33.6. The summed E-state index contributed by atoms with van der Waals surface area (Å²) in [4.78, 5) is 28.8. The minimum atomic E-state index is -2.42. The van der Waals surface area contributed by atoms with Crippen LogP contribution in [-0.4, -0.2) is 76.0 Å². The topological polar surface area (TPSA) is 109 Å². The molecule has 0 saturated carbocycles. The molecule has 1 fully saturated rings. The largest absolute Gasteiger partial charge is 0.497 e. The van der Waals surface area contributed by atoms with E-state index in [2.05, 4.69) is 42.8 Å². The first kappa shape index (κ1) is 34.6. The minimum Gasteiger partial charge on any atom is -0.497 e. The van der Waals surface area contributed by atoms with Crippen LogP contribution in [0.1, 0.15) is 43.4 Å². The Morgan fingerprint density at radius 1 is 1.09 bits per heavy atom. The fourth-order valence-corrected chi connectivity index (χ4v) is 10.5. The first-order valence-corrected chi connectivity index (χ1v) is 19.7. The van der Waals surface area contributed by atoms with Gasteiger partial charge in [-0.25, -0.2) is 0 Å². The summed E-state index contributed by atoms with van der Waals surface area (Å²) in [6.07, 6.45) is 1.46. The number of benzene rings is 3. The molecule has 0 aromatic heterocycles. The van der Waals surface area contributed by atoms with Gasteiger partial charge >= 0.3 is 0 Å². The number of fused-ring (bicyclic) bond motifs is 1. The Labute approximate surface area is 279 Å². The summed E-state index contributed by atoms with van der Waals surface area (Å²) in [5.41, 5.74) is 2.47. The van der Waals surface area contributed by atoms with E-state index in [0.717, 1.165) is 36.3 Å². The van der Waals surface area contributed by atoms with Crippen molar-refractivity contribution in [2.24, 2.45) is 5.92 Å². The molecule has 252 valence electrons. The Morgan fingerprint density at radius 3 is 2.47 bits per heavy atom. The summed E-state index contributed by atoms with van der Waals surface area (Å²) in [5, 5.41) is 17.4. The average molecular weight is 660 g/mol. The lowest BCUT2D eigenvalue weighted by molar-refractivity contribution is -0.133. The molecule has 2 heterocycles. The Kier molecular flexibility index (Phi) is 11.4. The maximum atomic E-state index is 14.2. The SMILES string of the molecule is COc1ccc([Si](C)(C)C(CC(=O)N(CCO)Cc2ccccc2)[C@@H]2Oc3ccc(NC(=O)[C@H]4CCCN4)cc3[C@H](OC)[C@H]2C)cc1. The van der Waals surface area contributed by atoms with Crippen LogP contribution in [-0.2, 0) is 20.9 Å². The van der Waals surface area contributed by atoms with Crippen molar-refractivity contribution >= 4 is 30.8 Å². The third-order valence-corrected chi connectivity index (χ3v) is 14.2. The number of rotatable bonds is 13. The number of aliphatic hydroxyl groups excluding tert-OH is 1. The molecular formula is C37H49N3O6Si. The Balaban J connectivity index is 1.47. The number of aliphatic hydroxyl groups is 1. The number of nitrogens with zero attached hydrogens (tertiary/aromatic N) is 1. The molecule has 5 rings (SSSR count). The van der Waals surface area contributed by atoms with E-state index in [1.54, 1.807) is 19.1 Å². The number of methoxy groups -OCH3 is 2. The lowest BCUT2D eigenvalue weighted by atomic mass is 9.86. The van der Waals surface area contributed by atoms with Gasteiger partial charge in [0.25, 0.3) is 0 Å². The molecule has 0 spiro atoms. The highest BCUT2D eigenvalue weighted by Gasteiger charge is 2.48. The smallest absolute Gasteiger partial charge is 0.241 e. The molecule has 3 aromatic carbocycles. The first-order valence-electron chi connectivity index (χ1n) is 16.6. The predicted molar refractivity (Wildman–Crippen MR) is 187 cm³/mol. The molecule has 10 heteroatoms. The number of amides is 2. The molecule has 2 aliphatic rings. The highest BCUT2D eigenvalue weighted by molar-refractivity contribution is 6.91. The third-order valence-electron chi connectivity index (χ3n) is 9.96. The van der Waals surface area contributed by atoms with Gasteiger partial charge in [0.05, 0.1) is 33.9 Å². The summed E-state index contributed by atoms with van der Waals surface area (Å²) >= 11 is 0. The summed E-state index contributed by atoms with van der Waals surface area (Å²) in [7, 11) is 0.942. The van der Waals surface area contributed by atoms with Crippen molar-refractivity contribution in [1.29, 1.82) is 0 Å². The van der Waals surface area contributed by atoms with Crippen LogP contribution in [0, 0.1) is 5.92 Å². The summed E-state index contributed by atoms with van der Waals surface area (Å²) in [6, 6.07) is 23.6. The minimum absolute atomic E-state index is 0.0175. The van der Waals surface area contributed by atoms with Crippen LogP contribution in [0.25, 0.3) is 0 Å². The summed E-state index contributed by atoms with van der Waals surface area (Å²) < 4.78 is 18.5. The van der Waals surface area contributed by atoms with Crippen LogP contribution in [0.4, 0.5) is 5.69 Å². The van der Waals surface area contributed by atoms with Gasteiger partial charge in [-0.15, -0.1) is 0 Å². The zero-order valence-electron chi connectivity index (χ0n) is 28.2. The maximum absolute atomic E-state index is 14.2. The fraction of sp³-hybridized carbons (Fsp3) is 0.459. The lowest BCUT2D eigenvalue weighted by Gasteiger charge is -2.46. The van der Waals surface area contributed by atoms with Crippen molar-refractivity contribution in [3.8, 4) is 11.5 Å². The van der Waals surface area contributed by atoms with E-state index in [0.29, 0.717) is 18.0 Å². The van der Waals surface area contributed by atoms with Crippen LogP contribution in [0.5, 0.6) is 11.5 Å². The van der Waals surface area contributed by atoms with Crippen LogP contribution in [0.2, 0.25) is 18.6 Å². The molecular weight excluding hydrogens is 611 g/mol. The van der Waals surface area contributed by atoms with Crippen LogP contribution >= 0.6 is 0 Å². The van der Waals surface area contributed by atoms with Crippen molar-refractivity contribution in [2.45, 2.75) is 69.6 Å². The van der Waals surface area contributed by atoms with Gasteiger partial charge in [0.1, 0.15) is 17.6 Å². The Bertz CT molecular complexity index is 1500. The van der Waals surface area contributed by atoms with Gasteiger partial charge in [-0.3, -0.25) is 9.59 Å². The molecule has 2 aliphatic heterocycles. The molecule has 2 amide bonds. The normalized spacial score (nSPS) is 21.3. The molecule has 47 heavy (non-hydrogen) atoms. The van der Waals surface area contributed by atoms with Crippen molar-refractivity contribution in [2.75, 3.05) is 39.2 Å². The quantitative estimate of drug-likeness (QED) is 0.225. The second-order valence-corrected chi connectivity index (χ2v) is 18.0. The highest BCUT2D eigenvalue weighted by Crippen LogP contribution is 2.48. The molecule has 0 aliphatic carbocycles. The number of ether oxygens (including phenoxy) is 3. The summed E-state index contributed by atoms with van der Waals surface area (Å²) in [6.45, 7) is 8.12. The van der Waals surface area contributed by atoms with Gasteiger partial charge in [-0.1, -0.05) is 67.7 Å². The van der Waals surface area contributed by atoms with E-state index < -0.39 is 8.07 Å². The highest BCUT2D eigenvalue weighted by atomic mass is 28.3. The van der Waals surface area contributed by atoms with Crippen LogP contribution < -0.4 is 25.3 Å². The van der Waals surface area contributed by atoms with Gasteiger partial charge in [0.15, 0.2) is 0 Å². The number of hydrogen-bond donors (Lipinski definition) is 3. The molecule has 5 atom stereocenters. The van der Waals surface area contributed by atoms with Gasteiger partial charge < -0.3 is 34.9 Å². The summed E-state index contributed by atoms with van der Waals surface area (Å²) in [5.74, 6) is 1.33. The Morgan fingerprint density at radius 2 is 1.83 bits per heavy atom. The lowest BCUT2D eigenvalue weighted by Crippen LogP contribution is -2.55. The van der Waals surface area contributed by atoms with E-state index in [1.807, 2.05) is 60.7 Å². The van der Waals surface area contributed by atoms with Gasteiger partial charge in [-0.2, -0.15) is 0 Å². The number of anilines is 1. The number of nitrogens with one attached hydrogen (secondary N) is 2. The van der Waals surface area contributed by atoms with E-state index in [1.165, 1.54) is 5.19 Å². The third kappa shape index (κ3) is 7.89. The average Bonchev–Trinajstić information content (AvgIpc) is 3.63. The number of carbonyl (C=O) groups is 2. The number of hydrogen-bond acceptors (Lipinski definition) is 7. The molecule has 9 nitrogen and oxygen atoms in total. The first-order chi connectivity index (χ1) is 22.7. The Hall–Kier alpha value is -3.70. The second kappa shape index (κ2) is 15.5. The number of carbonyl (C=O) groups excluding carboxylic acids is 2. The van der Waals surface area contributed by atoms with Crippen molar-refractivity contribution in [1.82, 2.24) is 10.2 Å². The molecule has 3 aromatic rings. The van der Waals surface area contributed by atoms with Crippen LogP contribution in [0.3, 0.4) is 0 Å². The molecule has 3 N–H and O–H groups in total. The van der Waals surface area contributed by atoms with Crippen molar-refractivity contribution < 1.29 is 28.9 Å². The van der Waals surface area contributed by atoms with Crippen molar-refractivity contribution in [3.63, 3.8) is 0 Å². The predicted octanol–water partition coefficient (Wildman–Crippen LogP) is 4.87. The standard InChI is InChI=1S/C37H49N3O6Si/c1-25-35(45-3)30-22-27(39-37(43)31-12-9-19-38-31)13-18-32(30)46-36(25)33(47(4,5)29-16-14-28(44-2)15-17-29)23-34(42)40(20-21-41)24-26-10-7-6-8-11-26/h6-8,10-11,13-18,22,25,31,33,35-36,38,41H,9,12,19-21,23-24H2,1-5H3,(H,39,43)/t25-,31-,33?,35-,36-/m1/s1. The fourth-order valence-electron chi connectivity index (χ4n) is 7.14. The van der Waals surface area contributed by atoms with E-state index in [4.69, 9.17) is 14.2 Å². The molecule has 1 unspecified atom stereocenters.